The highest BCUT2D eigenvalue weighted by molar-refractivity contribution is 5.87. The molecule has 132 valence electrons. The van der Waals surface area contributed by atoms with E-state index in [1.54, 1.807) is 0 Å². The van der Waals surface area contributed by atoms with Gasteiger partial charge in [-0.2, -0.15) is 0 Å². The van der Waals surface area contributed by atoms with Crippen LogP contribution >= 0.6 is 0 Å². The molecule has 0 N–H and O–H groups in total. The van der Waals surface area contributed by atoms with E-state index >= 15 is 0 Å². The molecule has 0 aromatic heterocycles. The Balaban J connectivity index is 2.30. The predicted octanol–water partition coefficient (Wildman–Crippen LogP) is 3.44. The van der Waals surface area contributed by atoms with Gasteiger partial charge in [-0.3, -0.25) is 14.5 Å². The molecular formula is C20H29NO3. The van der Waals surface area contributed by atoms with Gasteiger partial charge in [0.15, 0.2) is 5.78 Å². The Morgan fingerprint density at radius 2 is 1.92 bits per heavy atom. The maximum Gasteiger partial charge on any atom is 0.323 e. The van der Waals surface area contributed by atoms with E-state index in [4.69, 9.17) is 4.74 Å². The van der Waals surface area contributed by atoms with Crippen molar-refractivity contribution < 1.29 is 14.3 Å². The van der Waals surface area contributed by atoms with Gasteiger partial charge < -0.3 is 4.74 Å². The second-order valence-corrected chi connectivity index (χ2v) is 7.11. The molecule has 1 aromatic rings. The van der Waals surface area contributed by atoms with Crippen molar-refractivity contribution in [2.45, 2.75) is 58.7 Å². The average Bonchev–Trinajstić information content (AvgIpc) is 2.93. The number of hydrogen-bond acceptors (Lipinski definition) is 4. The van der Waals surface area contributed by atoms with Gasteiger partial charge >= 0.3 is 5.97 Å². The number of nitrogens with zero attached hydrogens (tertiary/aromatic N) is 1. The molecule has 1 fully saturated rings. The van der Waals surface area contributed by atoms with E-state index in [0.29, 0.717) is 25.3 Å². The molecule has 24 heavy (non-hydrogen) atoms. The number of Topliss-reactive ketones (excluding diaryl/α,β-unsaturated/α-hetero) is 1. The van der Waals surface area contributed by atoms with Gasteiger partial charge in [-0.15, -0.1) is 0 Å². The van der Waals surface area contributed by atoms with Crippen LogP contribution in [0.15, 0.2) is 30.3 Å². The Morgan fingerprint density at radius 3 is 2.46 bits per heavy atom. The summed E-state index contributed by atoms with van der Waals surface area (Å²) in [7, 11) is 1.42. The van der Waals surface area contributed by atoms with Gasteiger partial charge in [0.25, 0.3) is 0 Å². The highest BCUT2D eigenvalue weighted by atomic mass is 16.5. The Labute approximate surface area is 145 Å². The van der Waals surface area contributed by atoms with Crippen molar-refractivity contribution >= 4 is 11.8 Å². The molecule has 0 bridgehead atoms. The van der Waals surface area contributed by atoms with E-state index in [9.17, 15) is 9.59 Å². The summed E-state index contributed by atoms with van der Waals surface area (Å²) in [5, 5.41) is 0. The molecule has 2 rings (SSSR count). The number of benzene rings is 1. The van der Waals surface area contributed by atoms with Gasteiger partial charge in [0.2, 0.25) is 0 Å². The second kappa shape index (κ2) is 8.43. The minimum absolute atomic E-state index is 0.193. The van der Waals surface area contributed by atoms with E-state index in [0.717, 1.165) is 12.0 Å². The summed E-state index contributed by atoms with van der Waals surface area (Å²) < 4.78 is 5.01. The van der Waals surface area contributed by atoms with Gasteiger partial charge in [0.05, 0.1) is 13.2 Å². The first-order valence-corrected chi connectivity index (χ1v) is 8.88. The summed E-state index contributed by atoms with van der Waals surface area (Å²) in [5.74, 6) is 0.554. The van der Waals surface area contributed by atoms with Crippen molar-refractivity contribution in [3.05, 3.63) is 35.9 Å². The van der Waals surface area contributed by atoms with Gasteiger partial charge in [0.1, 0.15) is 6.04 Å². The van der Waals surface area contributed by atoms with Gasteiger partial charge in [-0.1, -0.05) is 57.5 Å². The number of carbonyl (C=O) groups excluding carboxylic acids is 2. The number of likely N-dealkylation sites (tertiary alicyclic amines) is 1. The van der Waals surface area contributed by atoms with Crippen LogP contribution in [-0.2, 0) is 20.9 Å². The Bertz CT molecular complexity index is 555. The maximum absolute atomic E-state index is 12.9. The van der Waals surface area contributed by atoms with Gasteiger partial charge in [-0.05, 0) is 23.8 Å². The normalized spacial score (nSPS) is 24.3. The number of ketones is 1. The predicted molar refractivity (Wildman–Crippen MR) is 94.4 cm³/mol. The summed E-state index contributed by atoms with van der Waals surface area (Å²) in [6.07, 6.45) is 2.15. The molecule has 1 saturated heterocycles. The first-order valence-electron chi connectivity index (χ1n) is 8.88. The maximum atomic E-state index is 12.9. The second-order valence-electron chi connectivity index (χ2n) is 7.11. The number of carbonyl (C=O) groups is 2. The first-order chi connectivity index (χ1) is 11.5. The van der Waals surface area contributed by atoms with Crippen LogP contribution in [0.2, 0.25) is 0 Å². The lowest BCUT2D eigenvalue weighted by Gasteiger charge is -2.30. The van der Waals surface area contributed by atoms with Crippen LogP contribution in [0.5, 0.6) is 0 Å². The monoisotopic (exact) mass is 331 g/mol. The van der Waals surface area contributed by atoms with Crippen molar-refractivity contribution in [2.75, 3.05) is 7.11 Å². The molecule has 1 aromatic carbocycles. The fourth-order valence-corrected chi connectivity index (χ4v) is 3.75. The Hall–Kier alpha value is -1.68. The molecule has 3 atom stereocenters. The molecule has 0 radical (unpaired) electrons. The number of hydrogen-bond donors (Lipinski definition) is 0. The fourth-order valence-electron chi connectivity index (χ4n) is 3.75. The first kappa shape index (κ1) is 18.7. The third-order valence-electron chi connectivity index (χ3n) is 4.88. The van der Waals surface area contributed by atoms with Crippen molar-refractivity contribution in [2.24, 2.45) is 11.8 Å². The highest BCUT2D eigenvalue weighted by Gasteiger charge is 2.47. The van der Waals surface area contributed by atoms with E-state index in [2.05, 4.69) is 25.7 Å². The van der Waals surface area contributed by atoms with Crippen molar-refractivity contribution in [1.82, 2.24) is 4.90 Å². The van der Waals surface area contributed by atoms with E-state index in [1.165, 1.54) is 7.11 Å². The van der Waals surface area contributed by atoms with Crippen molar-refractivity contribution in [3.63, 3.8) is 0 Å². The zero-order valence-corrected chi connectivity index (χ0v) is 15.2. The Kier molecular flexibility index (Phi) is 6.55. The van der Waals surface area contributed by atoms with E-state index < -0.39 is 0 Å². The summed E-state index contributed by atoms with van der Waals surface area (Å²) in [6, 6.07) is 9.50. The molecular weight excluding hydrogens is 302 g/mol. The molecule has 0 spiro atoms. The van der Waals surface area contributed by atoms with Crippen LogP contribution in [0.1, 0.15) is 45.6 Å². The molecule has 1 unspecified atom stereocenters. The van der Waals surface area contributed by atoms with Crippen LogP contribution in [0.4, 0.5) is 0 Å². The van der Waals surface area contributed by atoms with Crippen LogP contribution < -0.4 is 0 Å². The standard InChI is InChI=1S/C20H29NO3/c1-5-16-12-17(20(23)24-4)21(13-15-9-7-6-8-10-15)19(16)18(22)11-14(2)3/h6-10,14,16-17,19H,5,11-13H2,1-4H3/t16-,17-,19?/m1/s1. The smallest absolute Gasteiger partial charge is 0.323 e. The quantitative estimate of drug-likeness (QED) is 0.718. The molecule has 0 aliphatic carbocycles. The van der Waals surface area contributed by atoms with E-state index in [1.807, 2.05) is 30.3 Å². The highest BCUT2D eigenvalue weighted by Crippen LogP contribution is 2.35. The fraction of sp³-hybridized carbons (Fsp3) is 0.600. The molecule has 0 saturated carbocycles. The molecule has 1 aliphatic rings. The number of ether oxygens (including phenoxy) is 1. The SMILES string of the molecule is CC[C@@H]1C[C@H](C(=O)OC)N(Cc2ccccc2)C1C(=O)CC(C)C. The number of rotatable bonds is 7. The minimum Gasteiger partial charge on any atom is -0.468 e. The lowest BCUT2D eigenvalue weighted by atomic mass is 9.90. The molecule has 0 amide bonds. The summed E-state index contributed by atoms with van der Waals surface area (Å²) in [5.41, 5.74) is 1.12. The largest absolute Gasteiger partial charge is 0.468 e. The Morgan fingerprint density at radius 1 is 1.25 bits per heavy atom. The third-order valence-corrected chi connectivity index (χ3v) is 4.88. The minimum atomic E-state index is -0.332. The van der Waals surface area contributed by atoms with Crippen LogP contribution in [0.25, 0.3) is 0 Å². The van der Waals surface area contributed by atoms with Gasteiger partial charge in [-0.25, -0.2) is 0 Å². The van der Waals surface area contributed by atoms with Crippen molar-refractivity contribution in [1.29, 1.82) is 0 Å². The molecule has 4 nitrogen and oxygen atoms in total. The molecule has 1 aliphatic heterocycles. The number of methoxy groups -OCH3 is 1. The zero-order chi connectivity index (χ0) is 17.7. The zero-order valence-electron chi connectivity index (χ0n) is 15.2. The lowest BCUT2D eigenvalue weighted by molar-refractivity contribution is -0.147. The summed E-state index contributed by atoms with van der Waals surface area (Å²) >= 11 is 0. The average molecular weight is 331 g/mol. The van der Waals surface area contributed by atoms with Gasteiger partial charge in [0, 0.05) is 13.0 Å². The van der Waals surface area contributed by atoms with Crippen LogP contribution in [0.3, 0.4) is 0 Å². The van der Waals surface area contributed by atoms with Crippen LogP contribution in [-0.4, -0.2) is 35.8 Å². The van der Waals surface area contributed by atoms with Crippen LogP contribution in [0, 0.1) is 11.8 Å². The topological polar surface area (TPSA) is 46.6 Å². The summed E-state index contributed by atoms with van der Waals surface area (Å²) in [4.78, 5) is 27.2. The molecule has 1 heterocycles. The third kappa shape index (κ3) is 4.23. The lowest BCUT2D eigenvalue weighted by Crippen LogP contribution is -2.45. The summed E-state index contributed by atoms with van der Waals surface area (Å²) in [6.45, 7) is 6.83. The molecule has 4 heteroatoms. The van der Waals surface area contributed by atoms with Crippen molar-refractivity contribution in [3.8, 4) is 0 Å². The van der Waals surface area contributed by atoms with E-state index in [-0.39, 0.29) is 29.8 Å². The number of esters is 1.